The normalized spacial score (nSPS) is 25.8. The highest BCUT2D eigenvalue weighted by atomic mass is 19.1. The van der Waals surface area contributed by atoms with Crippen molar-refractivity contribution in [1.29, 1.82) is 0 Å². The van der Waals surface area contributed by atoms with Gasteiger partial charge in [0.2, 0.25) is 0 Å². The molecule has 2 fully saturated rings. The monoisotopic (exact) mass is 367 g/mol. The molecule has 1 aliphatic heterocycles. The number of rotatable bonds is 6. The molecule has 1 aromatic carbocycles. The van der Waals surface area contributed by atoms with Crippen molar-refractivity contribution in [2.24, 2.45) is 5.92 Å². The molecule has 1 aliphatic carbocycles. The van der Waals surface area contributed by atoms with Gasteiger partial charge in [-0.2, -0.15) is 0 Å². The van der Waals surface area contributed by atoms with Crippen LogP contribution in [0, 0.1) is 17.6 Å². The summed E-state index contributed by atoms with van der Waals surface area (Å²) >= 11 is 0. The molecule has 0 atom stereocenters. The zero-order valence-electron chi connectivity index (χ0n) is 15.0. The first-order valence-corrected chi connectivity index (χ1v) is 9.51. The van der Waals surface area contributed by atoms with E-state index in [0.29, 0.717) is 44.1 Å². The number of ether oxygens (including phenoxy) is 1. The van der Waals surface area contributed by atoms with Gasteiger partial charge in [-0.1, -0.05) is 6.07 Å². The Balaban J connectivity index is 1.46. The van der Waals surface area contributed by atoms with Crippen LogP contribution in [0.4, 0.5) is 8.78 Å². The van der Waals surface area contributed by atoms with Crippen LogP contribution in [0.1, 0.15) is 56.4 Å². The van der Waals surface area contributed by atoms with E-state index in [2.05, 4.69) is 5.32 Å². The van der Waals surface area contributed by atoms with Gasteiger partial charge in [0.25, 0.3) is 0 Å². The lowest BCUT2D eigenvalue weighted by Crippen LogP contribution is -2.55. The minimum Gasteiger partial charge on any atom is -0.480 e. The lowest BCUT2D eigenvalue weighted by molar-refractivity contribution is -0.149. The number of hydrogen-bond acceptors (Lipinski definition) is 3. The smallest absolute Gasteiger partial charge is 0.324 e. The van der Waals surface area contributed by atoms with Crippen molar-refractivity contribution < 1.29 is 23.4 Å². The summed E-state index contributed by atoms with van der Waals surface area (Å²) < 4.78 is 32.3. The van der Waals surface area contributed by atoms with E-state index in [9.17, 15) is 18.7 Å². The number of aliphatic carboxylic acids is 1. The van der Waals surface area contributed by atoms with E-state index >= 15 is 0 Å². The topological polar surface area (TPSA) is 58.6 Å². The zero-order chi connectivity index (χ0) is 18.6. The van der Waals surface area contributed by atoms with Gasteiger partial charge in [-0.25, -0.2) is 8.78 Å². The fraction of sp³-hybridized carbons (Fsp3) is 0.650. The molecule has 26 heavy (non-hydrogen) atoms. The van der Waals surface area contributed by atoms with Gasteiger partial charge in [0.15, 0.2) is 0 Å². The zero-order valence-corrected chi connectivity index (χ0v) is 15.0. The number of carboxylic acid groups (broad SMARTS) is 1. The number of halogens is 2. The van der Waals surface area contributed by atoms with Crippen LogP contribution in [-0.2, 0) is 9.53 Å². The highest BCUT2D eigenvalue weighted by Crippen LogP contribution is 2.38. The average Bonchev–Trinajstić information content (AvgIpc) is 2.63. The van der Waals surface area contributed by atoms with Gasteiger partial charge in [0, 0.05) is 19.3 Å². The first-order chi connectivity index (χ1) is 12.5. The lowest BCUT2D eigenvalue weighted by atomic mass is 9.77. The largest absolute Gasteiger partial charge is 0.480 e. The van der Waals surface area contributed by atoms with Crippen molar-refractivity contribution in [2.75, 3.05) is 19.8 Å². The summed E-state index contributed by atoms with van der Waals surface area (Å²) in [7, 11) is 0. The van der Waals surface area contributed by atoms with Gasteiger partial charge < -0.3 is 15.2 Å². The van der Waals surface area contributed by atoms with Crippen molar-refractivity contribution in [2.45, 2.75) is 56.4 Å². The Morgan fingerprint density at radius 3 is 2.50 bits per heavy atom. The first kappa shape index (κ1) is 19.2. The molecule has 1 saturated heterocycles. The third kappa shape index (κ3) is 4.41. The number of nitrogens with one attached hydrogen (secondary N) is 1. The summed E-state index contributed by atoms with van der Waals surface area (Å²) in [5, 5.41) is 12.8. The van der Waals surface area contributed by atoms with E-state index in [0.717, 1.165) is 38.2 Å². The molecule has 6 heteroatoms. The van der Waals surface area contributed by atoms with E-state index in [1.807, 2.05) is 0 Å². The molecule has 1 aromatic rings. The highest BCUT2D eigenvalue weighted by Gasteiger charge is 2.39. The standard InChI is InChI=1S/C20H27F2NO3/c21-16-5-6-17(18(22)13-16)15-3-1-14(2-4-15)7-10-23-20(19(24)25)8-11-26-12-9-20/h5-6,13-15,23H,1-4,7-12H2,(H,24,25). The second-order valence-electron chi connectivity index (χ2n) is 7.60. The molecule has 3 rings (SSSR count). The Bertz CT molecular complexity index is 623. The highest BCUT2D eigenvalue weighted by molar-refractivity contribution is 5.78. The number of carbonyl (C=O) groups is 1. The van der Waals surface area contributed by atoms with Crippen LogP contribution in [0.15, 0.2) is 18.2 Å². The molecule has 2 aliphatic rings. The van der Waals surface area contributed by atoms with Crippen molar-refractivity contribution in [3.8, 4) is 0 Å². The van der Waals surface area contributed by atoms with Gasteiger partial charge in [0.05, 0.1) is 0 Å². The first-order valence-electron chi connectivity index (χ1n) is 9.51. The van der Waals surface area contributed by atoms with E-state index in [1.165, 1.54) is 6.07 Å². The lowest BCUT2D eigenvalue weighted by Gasteiger charge is -2.35. The van der Waals surface area contributed by atoms with E-state index in [4.69, 9.17) is 4.74 Å². The summed E-state index contributed by atoms with van der Waals surface area (Å²) in [6.07, 6.45) is 5.70. The second kappa shape index (κ2) is 8.44. The van der Waals surface area contributed by atoms with Gasteiger partial charge in [-0.15, -0.1) is 0 Å². The molecular weight excluding hydrogens is 340 g/mol. The van der Waals surface area contributed by atoms with Crippen LogP contribution in [0.5, 0.6) is 0 Å². The summed E-state index contributed by atoms with van der Waals surface area (Å²) in [6, 6.07) is 3.86. The van der Waals surface area contributed by atoms with Crippen LogP contribution in [-0.4, -0.2) is 36.4 Å². The molecule has 0 unspecified atom stereocenters. The van der Waals surface area contributed by atoms with E-state index in [1.54, 1.807) is 6.07 Å². The summed E-state index contributed by atoms with van der Waals surface area (Å²) in [5.41, 5.74) is -0.234. The minimum absolute atomic E-state index is 0.153. The SMILES string of the molecule is O=C(O)C1(NCCC2CCC(c3ccc(F)cc3F)CC2)CCOCC1. The third-order valence-electron chi connectivity index (χ3n) is 6.02. The van der Waals surface area contributed by atoms with Crippen molar-refractivity contribution in [3.63, 3.8) is 0 Å². The van der Waals surface area contributed by atoms with Gasteiger partial charge in [-0.05, 0) is 75.0 Å². The Labute approximate surface area is 152 Å². The Kier molecular flexibility index (Phi) is 6.24. The van der Waals surface area contributed by atoms with Crippen LogP contribution >= 0.6 is 0 Å². The fourth-order valence-corrected chi connectivity index (χ4v) is 4.30. The molecule has 0 bridgehead atoms. The van der Waals surface area contributed by atoms with Crippen molar-refractivity contribution in [3.05, 3.63) is 35.4 Å². The molecule has 0 spiro atoms. The van der Waals surface area contributed by atoms with Crippen LogP contribution in [0.2, 0.25) is 0 Å². The summed E-state index contributed by atoms with van der Waals surface area (Å²) in [6.45, 7) is 1.63. The minimum atomic E-state index is -0.854. The maximum absolute atomic E-state index is 13.9. The molecule has 2 N–H and O–H groups in total. The molecule has 1 heterocycles. The Morgan fingerprint density at radius 2 is 1.88 bits per heavy atom. The average molecular weight is 367 g/mol. The predicted octanol–water partition coefficient (Wildman–Crippen LogP) is 3.85. The molecule has 0 amide bonds. The second-order valence-corrected chi connectivity index (χ2v) is 7.60. The fourth-order valence-electron chi connectivity index (χ4n) is 4.30. The number of hydrogen-bond donors (Lipinski definition) is 2. The summed E-state index contributed by atoms with van der Waals surface area (Å²) in [5.74, 6) is -1.10. The maximum atomic E-state index is 13.9. The Hall–Kier alpha value is -1.53. The number of carboxylic acids is 1. The predicted molar refractivity (Wildman–Crippen MR) is 94.1 cm³/mol. The molecule has 144 valence electrons. The van der Waals surface area contributed by atoms with Crippen LogP contribution in [0.3, 0.4) is 0 Å². The Morgan fingerprint density at radius 1 is 1.19 bits per heavy atom. The molecule has 0 radical (unpaired) electrons. The van der Waals surface area contributed by atoms with Crippen LogP contribution in [0.25, 0.3) is 0 Å². The van der Waals surface area contributed by atoms with Crippen LogP contribution < -0.4 is 5.32 Å². The molecule has 4 nitrogen and oxygen atoms in total. The quantitative estimate of drug-likeness (QED) is 0.802. The maximum Gasteiger partial charge on any atom is 0.324 e. The van der Waals surface area contributed by atoms with Gasteiger partial charge in [0.1, 0.15) is 17.2 Å². The van der Waals surface area contributed by atoms with E-state index in [-0.39, 0.29) is 5.92 Å². The van der Waals surface area contributed by atoms with Crippen molar-refractivity contribution >= 4 is 5.97 Å². The van der Waals surface area contributed by atoms with Gasteiger partial charge >= 0.3 is 5.97 Å². The number of benzene rings is 1. The van der Waals surface area contributed by atoms with E-state index < -0.39 is 23.1 Å². The molecule has 1 saturated carbocycles. The summed E-state index contributed by atoms with van der Waals surface area (Å²) in [4.78, 5) is 11.6. The third-order valence-corrected chi connectivity index (χ3v) is 6.02. The molecule has 0 aromatic heterocycles. The van der Waals surface area contributed by atoms with Gasteiger partial charge in [-0.3, -0.25) is 4.79 Å². The van der Waals surface area contributed by atoms with Crippen molar-refractivity contribution in [1.82, 2.24) is 5.32 Å². The molecular formula is C20H27F2NO3.